The molecule has 0 spiro atoms. The molecule has 17 nitrogen and oxygen atoms in total. The smallest absolute Gasteiger partial charge is 0.255 e. The average molecular weight is 1010 g/mol. The first-order chi connectivity index (χ1) is 35.0. The number of aliphatic imine (C=N–C) groups is 1. The number of imide groups is 1. The molecule has 1 unspecified atom stereocenters. The van der Waals surface area contributed by atoms with Crippen LogP contribution in [0.15, 0.2) is 90.1 Å². The summed E-state index contributed by atoms with van der Waals surface area (Å²) in [6, 6.07) is 20.3. The van der Waals surface area contributed by atoms with Crippen molar-refractivity contribution in [1.29, 1.82) is 0 Å². The number of nitrogens with one attached hydrogen (secondary N) is 4. The number of hydrogen-bond donors (Lipinski definition) is 4. The number of fused-ring (bicyclic) bond motifs is 4. The van der Waals surface area contributed by atoms with Crippen LogP contribution in [0.2, 0.25) is 5.02 Å². The zero-order valence-corrected chi connectivity index (χ0v) is 40.0. The Morgan fingerprint density at radius 2 is 1.49 bits per heavy atom. The number of nitrogens with zero attached hydrogens (tertiary/aromatic N) is 4. The van der Waals surface area contributed by atoms with Crippen molar-refractivity contribution >= 4 is 52.5 Å². The van der Waals surface area contributed by atoms with Crippen LogP contribution < -0.4 is 21.3 Å². The van der Waals surface area contributed by atoms with Gasteiger partial charge in [0.05, 0.1) is 76.4 Å². The number of hydrogen-bond acceptors (Lipinski definition) is 13. The van der Waals surface area contributed by atoms with Crippen molar-refractivity contribution < 1.29 is 51.7 Å². The van der Waals surface area contributed by atoms with Gasteiger partial charge in [0.2, 0.25) is 17.7 Å². The summed E-state index contributed by atoms with van der Waals surface area (Å²) >= 11 is 6.35. The molecular formula is C52H53ClF2N8O9. The lowest BCUT2D eigenvalue weighted by Gasteiger charge is -2.29. The van der Waals surface area contributed by atoms with Crippen LogP contribution in [0, 0.1) is 11.6 Å². The number of amides is 5. The summed E-state index contributed by atoms with van der Waals surface area (Å²) in [5, 5.41) is 11.6. The number of carbonyl (C=O) groups excluding carboxylic acids is 5. The molecule has 0 aliphatic carbocycles. The molecule has 1 atom stereocenters. The van der Waals surface area contributed by atoms with Crippen LogP contribution in [0.3, 0.4) is 0 Å². The van der Waals surface area contributed by atoms with Gasteiger partial charge < -0.3 is 39.8 Å². The summed E-state index contributed by atoms with van der Waals surface area (Å²) in [5.74, 6) is -2.53. The monoisotopic (exact) mass is 1010 g/mol. The van der Waals surface area contributed by atoms with Crippen molar-refractivity contribution in [2.75, 3.05) is 77.8 Å². The molecule has 0 saturated carbocycles. The molecule has 3 aliphatic rings. The van der Waals surface area contributed by atoms with Crippen molar-refractivity contribution in [2.24, 2.45) is 4.99 Å². The molecule has 5 aromatic rings. The lowest BCUT2D eigenvalue weighted by atomic mass is 9.94. The van der Waals surface area contributed by atoms with E-state index < -0.39 is 23.6 Å². The summed E-state index contributed by atoms with van der Waals surface area (Å²) in [6.45, 7) is 4.60. The van der Waals surface area contributed by atoms with Crippen molar-refractivity contribution in [2.45, 2.75) is 44.8 Å². The van der Waals surface area contributed by atoms with Crippen LogP contribution in [0.1, 0.15) is 73.6 Å². The van der Waals surface area contributed by atoms with E-state index in [1.807, 2.05) is 12.1 Å². The zero-order valence-electron chi connectivity index (χ0n) is 39.3. The number of aromatic nitrogens is 2. The fourth-order valence-electron chi connectivity index (χ4n) is 8.43. The molecular weight excluding hydrogens is 954 g/mol. The average Bonchev–Trinajstić information content (AvgIpc) is 3.62. The predicted molar refractivity (Wildman–Crippen MR) is 262 cm³/mol. The Morgan fingerprint density at radius 3 is 2.21 bits per heavy atom. The van der Waals surface area contributed by atoms with E-state index in [0.29, 0.717) is 135 Å². The van der Waals surface area contributed by atoms with Crippen LogP contribution in [-0.4, -0.2) is 129 Å². The van der Waals surface area contributed by atoms with Gasteiger partial charge in [0.1, 0.15) is 23.5 Å². The molecule has 4 N–H and O–H groups in total. The highest BCUT2D eigenvalue weighted by molar-refractivity contribution is 6.31. The third-order valence-electron chi connectivity index (χ3n) is 12.0. The quantitative estimate of drug-likeness (QED) is 0.0465. The van der Waals surface area contributed by atoms with Crippen LogP contribution >= 0.6 is 11.6 Å². The molecule has 0 bridgehead atoms. The number of anilines is 1. The lowest BCUT2D eigenvalue weighted by Crippen LogP contribution is -2.52. The summed E-state index contributed by atoms with van der Waals surface area (Å²) in [4.78, 5) is 77.9. The highest BCUT2D eigenvalue weighted by atomic mass is 35.5. The molecule has 1 aromatic heterocycles. The van der Waals surface area contributed by atoms with Crippen LogP contribution in [0.5, 0.6) is 0 Å². The van der Waals surface area contributed by atoms with E-state index in [-0.39, 0.29) is 67.3 Å². The van der Waals surface area contributed by atoms with Crippen molar-refractivity contribution in [3.63, 3.8) is 0 Å². The Bertz CT molecular complexity index is 2810. The molecule has 5 amide bonds. The summed E-state index contributed by atoms with van der Waals surface area (Å²) < 4.78 is 52.1. The van der Waals surface area contributed by atoms with Gasteiger partial charge in [0.25, 0.3) is 11.8 Å². The maximum atomic E-state index is 14.9. The number of carbonyl (C=O) groups is 5. The minimum Gasteiger partial charge on any atom is -0.378 e. The molecule has 4 aromatic carbocycles. The number of rotatable bonds is 24. The van der Waals surface area contributed by atoms with Crippen LogP contribution in [0.25, 0.3) is 11.3 Å². The second-order valence-corrected chi connectivity index (χ2v) is 17.4. The van der Waals surface area contributed by atoms with Crippen molar-refractivity contribution in [3.05, 3.63) is 146 Å². The van der Waals surface area contributed by atoms with E-state index in [1.165, 1.54) is 23.1 Å². The number of benzene rings is 4. The van der Waals surface area contributed by atoms with E-state index in [1.54, 1.807) is 54.7 Å². The Kier molecular flexibility index (Phi) is 17.9. The van der Waals surface area contributed by atoms with E-state index in [4.69, 9.17) is 35.5 Å². The summed E-state index contributed by atoms with van der Waals surface area (Å²) in [7, 11) is 0. The van der Waals surface area contributed by atoms with Gasteiger partial charge >= 0.3 is 0 Å². The van der Waals surface area contributed by atoms with Gasteiger partial charge in [-0.3, -0.25) is 34.3 Å². The predicted octanol–water partition coefficient (Wildman–Crippen LogP) is 5.19. The van der Waals surface area contributed by atoms with Gasteiger partial charge in [0, 0.05) is 95.7 Å². The van der Waals surface area contributed by atoms with Gasteiger partial charge in [-0.15, -0.1) is 0 Å². The second-order valence-electron chi connectivity index (χ2n) is 17.0. The molecule has 4 heterocycles. The highest BCUT2D eigenvalue weighted by Gasteiger charge is 2.40. The molecule has 376 valence electrons. The van der Waals surface area contributed by atoms with Gasteiger partial charge in [-0.2, -0.15) is 0 Å². The third-order valence-corrected chi connectivity index (χ3v) is 12.3. The minimum atomic E-state index is -0.729. The fraction of sp³-hybridized carbons (Fsp3) is 0.346. The SMILES string of the molecule is O=C1CCC(N2Cc3c(NC(=O)CCNCCOCCOCCOCCOCCNC(=O)c4ccc(Cc5ncc6c(n5)-c5ccc(Cl)cc5C(c5c(F)cccc5F)=NC6)cc4)cccc3C2=O)C(=O)N1. The molecule has 1 saturated heterocycles. The third kappa shape index (κ3) is 13.2. The summed E-state index contributed by atoms with van der Waals surface area (Å²) in [5.41, 5.74) is 5.29. The van der Waals surface area contributed by atoms with Crippen LogP contribution in [-0.2, 0) is 52.8 Å². The van der Waals surface area contributed by atoms with E-state index in [2.05, 4.69) is 31.2 Å². The standard InChI is InChI=1S/C52H53ClF2N8O9/c53-35-11-12-36-38(28-35)49(47-40(54)4-2-5-41(47)55)59-30-34-29-58-44(61-48(34)36)27-32-7-9-33(10-8-32)50(66)57-18-20-70-22-24-72-26-25-71-23-21-69-19-17-56-16-15-46(65)60-42-6-1-3-37-39(42)31-63(52(37)68)43-13-14-45(64)62-51(43)67/h1-12,28-29,43,56H,13-27,30-31H2,(H,57,66)(H,60,65)(H,62,64,67). The topological polar surface area (TPSA) is 212 Å². The van der Waals surface area contributed by atoms with Gasteiger partial charge in [0.15, 0.2) is 0 Å². The van der Waals surface area contributed by atoms with E-state index in [9.17, 15) is 32.8 Å². The maximum absolute atomic E-state index is 14.9. The largest absolute Gasteiger partial charge is 0.378 e. The van der Waals surface area contributed by atoms with E-state index in [0.717, 1.165) is 5.56 Å². The van der Waals surface area contributed by atoms with Crippen molar-refractivity contribution in [1.82, 2.24) is 30.8 Å². The Hall–Kier alpha value is -6.87. The first kappa shape index (κ1) is 51.5. The molecule has 20 heteroatoms. The first-order valence-electron chi connectivity index (χ1n) is 23.6. The molecule has 72 heavy (non-hydrogen) atoms. The lowest BCUT2D eigenvalue weighted by molar-refractivity contribution is -0.137. The molecule has 0 radical (unpaired) electrons. The molecule has 8 rings (SSSR count). The normalized spacial score (nSPS) is 15.0. The van der Waals surface area contributed by atoms with Gasteiger partial charge in [-0.05, 0) is 60.5 Å². The fourth-order valence-corrected chi connectivity index (χ4v) is 8.60. The number of piperidine rings is 1. The second kappa shape index (κ2) is 25.0. The van der Waals surface area contributed by atoms with E-state index >= 15 is 0 Å². The Morgan fingerprint density at radius 1 is 0.792 bits per heavy atom. The minimum absolute atomic E-state index is 0.116. The van der Waals surface area contributed by atoms with Crippen molar-refractivity contribution in [3.8, 4) is 11.3 Å². The maximum Gasteiger partial charge on any atom is 0.255 e. The van der Waals surface area contributed by atoms with Crippen LogP contribution in [0.4, 0.5) is 14.5 Å². The molecule has 3 aliphatic heterocycles. The zero-order chi connectivity index (χ0) is 50.4. The summed E-state index contributed by atoms with van der Waals surface area (Å²) in [6.07, 6.45) is 2.69. The number of ether oxygens (including phenoxy) is 4. The number of halogens is 3. The highest BCUT2D eigenvalue weighted by Crippen LogP contribution is 2.35. The first-order valence-corrected chi connectivity index (χ1v) is 24.0. The van der Waals surface area contributed by atoms with Gasteiger partial charge in [-0.1, -0.05) is 41.9 Å². The molecule has 1 fully saturated rings. The van der Waals surface area contributed by atoms with Gasteiger partial charge in [-0.25, -0.2) is 18.7 Å². The Balaban J connectivity index is 0.634. The Labute approximate surface area is 419 Å².